The first-order valence-corrected chi connectivity index (χ1v) is 9.32. The standard InChI is InChI=1S/C20H25F4N3O2/c1-11(14-5-13(6-14)10-29-18(28)27-19(2,3)4)26-16-8-12(9-25)7-15(21)17(16)20(22,23)24/h7-8,11,13-14,26H,5-6,10H2,1-4H3,(H,27,28)/t11-,13?,14?/m0/s1. The number of halogens is 4. The van der Waals surface area contributed by atoms with Crippen LogP contribution in [0.1, 0.15) is 51.7 Å². The van der Waals surface area contributed by atoms with Gasteiger partial charge in [0.25, 0.3) is 0 Å². The minimum atomic E-state index is -4.88. The van der Waals surface area contributed by atoms with Crippen LogP contribution in [0.25, 0.3) is 0 Å². The predicted molar refractivity (Wildman–Crippen MR) is 99.7 cm³/mol. The summed E-state index contributed by atoms with van der Waals surface area (Å²) >= 11 is 0. The van der Waals surface area contributed by atoms with Crippen molar-refractivity contribution in [3.63, 3.8) is 0 Å². The molecular weight excluding hydrogens is 390 g/mol. The number of amides is 1. The number of nitriles is 1. The number of benzene rings is 1. The van der Waals surface area contributed by atoms with Gasteiger partial charge >= 0.3 is 12.3 Å². The Kier molecular flexibility index (Phi) is 6.66. The number of ether oxygens (including phenoxy) is 1. The maximum atomic E-state index is 13.9. The number of hydrogen-bond acceptors (Lipinski definition) is 4. The van der Waals surface area contributed by atoms with Crippen molar-refractivity contribution in [2.45, 2.75) is 58.3 Å². The fraction of sp³-hybridized carbons (Fsp3) is 0.600. The van der Waals surface area contributed by atoms with E-state index in [0.29, 0.717) is 18.9 Å². The second kappa shape index (κ2) is 8.47. The largest absolute Gasteiger partial charge is 0.449 e. The van der Waals surface area contributed by atoms with Crippen LogP contribution in [-0.4, -0.2) is 24.3 Å². The summed E-state index contributed by atoms with van der Waals surface area (Å²) < 4.78 is 58.8. The number of alkyl carbamates (subject to hydrolysis) is 1. The number of carbonyl (C=O) groups excluding carboxylic acids is 1. The average Bonchev–Trinajstić information content (AvgIpc) is 2.49. The van der Waals surface area contributed by atoms with E-state index in [2.05, 4.69) is 10.6 Å². The molecule has 160 valence electrons. The summed E-state index contributed by atoms with van der Waals surface area (Å²) in [5.74, 6) is -1.31. The molecule has 5 nitrogen and oxygen atoms in total. The third kappa shape index (κ3) is 6.24. The van der Waals surface area contributed by atoms with Crippen molar-refractivity contribution in [1.29, 1.82) is 5.26 Å². The molecule has 0 bridgehead atoms. The summed E-state index contributed by atoms with van der Waals surface area (Å²) in [7, 11) is 0. The van der Waals surface area contributed by atoms with Crippen molar-refractivity contribution in [3.05, 3.63) is 29.1 Å². The lowest BCUT2D eigenvalue weighted by atomic mass is 9.72. The topological polar surface area (TPSA) is 74.1 Å². The third-order valence-electron chi connectivity index (χ3n) is 4.79. The van der Waals surface area contributed by atoms with Crippen molar-refractivity contribution in [2.24, 2.45) is 11.8 Å². The molecule has 0 unspecified atom stereocenters. The predicted octanol–water partition coefficient (Wildman–Crippen LogP) is 5.07. The van der Waals surface area contributed by atoms with Crippen LogP contribution < -0.4 is 10.6 Å². The van der Waals surface area contributed by atoms with Gasteiger partial charge in [0.05, 0.1) is 23.9 Å². The Morgan fingerprint density at radius 3 is 2.45 bits per heavy atom. The zero-order valence-electron chi connectivity index (χ0n) is 16.8. The number of hydrogen-bond donors (Lipinski definition) is 2. The van der Waals surface area contributed by atoms with E-state index < -0.39 is 34.9 Å². The molecule has 0 radical (unpaired) electrons. The van der Waals surface area contributed by atoms with E-state index in [1.165, 1.54) is 0 Å². The molecule has 1 amide bonds. The quantitative estimate of drug-likeness (QED) is 0.659. The molecular formula is C20H25F4N3O2. The summed E-state index contributed by atoms with van der Waals surface area (Å²) in [6, 6.07) is 2.89. The van der Waals surface area contributed by atoms with Crippen LogP contribution in [0.15, 0.2) is 12.1 Å². The summed E-state index contributed by atoms with van der Waals surface area (Å²) in [6.45, 7) is 7.45. The zero-order valence-corrected chi connectivity index (χ0v) is 16.8. The summed E-state index contributed by atoms with van der Waals surface area (Å²) in [6.07, 6.45) is -4.06. The second-order valence-corrected chi connectivity index (χ2v) is 8.49. The van der Waals surface area contributed by atoms with Gasteiger partial charge in [0.2, 0.25) is 0 Å². The number of alkyl halides is 3. The molecule has 1 aliphatic carbocycles. The van der Waals surface area contributed by atoms with Crippen molar-refractivity contribution < 1.29 is 27.1 Å². The Bertz CT molecular complexity index is 791. The molecule has 1 aromatic carbocycles. The van der Waals surface area contributed by atoms with Crippen molar-refractivity contribution in [3.8, 4) is 6.07 Å². The van der Waals surface area contributed by atoms with Gasteiger partial charge in [0.15, 0.2) is 0 Å². The van der Waals surface area contributed by atoms with Gasteiger partial charge in [0, 0.05) is 11.6 Å². The smallest absolute Gasteiger partial charge is 0.421 e. The second-order valence-electron chi connectivity index (χ2n) is 8.49. The molecule has 1 atom stereocenters. The van der Waals surface area contributed by atoms with E-state index in [4.69, 9.17) is 10.00 Å². The molecule has 0 spiro atoms. The maximum absolute atomic E-state index is 13.9. The minimum absolute atomic E-state index is 0.0455. The van der Waals surface area contributed by atoms with Crippen molar-refractivity contribution in [2.75, 3.05) is 11.9 Å². The zero-order chi connectivity index (χ0) is 22.0. The number of carbonyl (C=O) groups is 1. The van der Waals surface area contributed by atoms with E-state index in [1.54, 1.807) is 13.0 Å². The molecule has 0 heterocycles. The Balaban J connectivity index is 1.94. The summed E-state index contributed by atoms with van der Waals surface area (Å²) in [5, 5.41) is 14.3. The van der Waals surface area contributed by atoms with Gasteiger partial charge in [-0.3, -0.25) is 0 Å². The summed E-state index contributed by atoms with van der Waals surface area (Å²) in [5.41, 5.74) is -2.43. The normalized spacial score (nSPS) is 20.2. The van der Waals surface area contributed by atoms with Crippen LogP contribution in [0.4, 0.5) is 28.0 Å². The average molecular weight is 415 g/mol. The lowest BCUT2D eigenvalue weighted by Gasteiger charge is -2.39. The first-order valence-electron chi connectivity index (χ1n) is 9.32. The number of rotatable bonds is 5. The van der Waals surface area contributed by atoms with Crippen LogP contribution in [0.5, 0.6) is 0 Å². The van der Waals surface area contributed by atoms with E-state index in [-0.39, 0.29) is 30.0 Å². The van der Waals surface area contributed by atoms with Crippen molar-refractivity contribution >= 4 is 11.8 Å². The fourth-order valence-corrected chi connectivity index (χ4v) is 3.30. The molecule has 1 saturated carbocycles. The molecule has 0 saturated heterocycles. The molecule has 1 fully saturated rings. The van der Waals surface area contributed by atoms with E-state index in [9.17, 15) is 22.4 Å². The molecule has 1 aliphatic rings. The Morgan fingerprint density at radius 1 is 1.31 bits per heavy atom. The molecule has 1 aromatic rings. The molecule has 2 N–H and O–H groups in total. The Hall–Kier alpha value is -2.50. The van der Waals surface area contributed by atoms with Crippen LogP contribution in [0.2, 0.25) is 0 Å². The minimum Gasteiger partial charge on any atom is -0.449 e. The van der Waals surface area contributed by atoms with Crippen LogP contribution in [0, 0.1) is 29.0 Å². The molecule has 29 heavy (non-hydrogen) atoms. The van der Waals surface area contributed by atoms with Crippen LogP contribution >= 0.6 is 0 Å². The lowest BCUT2D eigenvalue weighted by molar-refractivity contribution is -0.139. The highest BCUT2D eigenvalue weighted by atomic mass is 19.4. The van der Waals surface area contributed by atoms with E-state index in [0.717, 1.165) is 6.07 Å². The van der Waals surface area contributed by atoms with Crippen LogP contribution in [0.3, 0.4) is 0 Å². The Morgan fingerprint density at radius 2 is 1.93 bits per heavy atom. The highest BCUT2D eigenvalue weighted by Crippen LogP contribution is 2.41. The van der Waals surface area contributed by atoms with Gasteiger partial charge in [0.1, 0.15) is 11.4 Å². The molecule has 9 heteroatoms. The van der Waals surface area contributed by atoms with Gasteiger partial charge in [-0.05, 0) is 64.5 Å². The molecule has 2 rings (SSSR count). The van der Waals surface area contributed by atoms with Gasteiger partial charge < -0.3 is 15.4 Å². The van der Waals surface area contributed by atoms with E-state index in [1.807, 2.05) is 20.8 Å². The highest BCUT2D eigenvalue weighted by molar-refractivity contribution is 5.68. The van der Waals surface area contributed by atoms with Gasteiger partial charge in [-0.25, -0.2) is 9.18 Å². The number of nitrogens with zero attached hydrogens (tertiary/aromatic N) is 1. The SMILES string of the molecule is C[C@H](Nc1cc(C#N)cc(F)c1C(F)(F)F)C1CC(COC(=O)NC(C)(C)C)C1. The number of nitrogens with one attached hydrogen (secondary N) is 2. The lowest BCUT2D eigenvalue weighted by Crippen LogP contribution is -2.43. The monoisotopic (exact) mass is 415 g/mol. The summed E-state index contributed by atoms with van der Waals surface area (Å²) in [4.78, 5) is 11.7. The maximum Gasteiger partial charge on any atom is 0.421 e. The van der Waals surface area contributed by atoms with Gasteiger partial charge in [-0.2, -0.15) is 18.4 Å². The Labute approximate surface area is 167 Å². The van der Waals surface area contributed by atoms with Crippen LogP contribution in [-0.2, 0) is 10.9 Å². The van der Waals surface area contributed by atoms with Crippen molar-refractivity contribution in [1.82, 2.24) is 5.32 Å². The molecule has 0 aliphatic heterocycles. The van der Waals surface area contributed by atoms with E-state index >= 15 is 0 Å². The third-order valence-corrected chi connectivity index (χ3v) is 4.79. The first kappa shape index (κ1) is 22.8. The number of anilines is 1. The first-order chi connectivity index (χ1) is 13.3. The van der Waals surface area contributed by atoms with Gasteiger partial charge in [-0.1, -0.05) is 0 Å². The fourth-order valence-electron chi connectivity index (χ4n) is 3.30. The van der Waals surface area contributed by atoms with Gasteiger partial charge in [-0.15, -0.1) is 0 Å². The molecule has 0 aromatic heterocycles. The highest BCUT2D eigenvalue weighted by Gasteiger charge is 2.39.